The molecule has 0 aromatic rings. The maximum absolute atomic E-state index is 8.89. The molecule has 0 N–H and O–H groups in total. The summed E-state index contributed by atoms with van der Waals surface area (Å²) < 4.78 is 0. The van der Waals surface area contributed by atoms with Gasteiger partial charge in [0.2, 0.25) is 0 Å². The molecule has 0 saturated heterocycles. The molecule has 0 unspecified atom stereocenters. The highest BCUT2D eigenvalue weighted by Gasteiger charge is 1.35. The molecule has 1 nitrogen and oxygen atoms in total. The van der Waals surface area contributed by atoms with Crippen LogP contribution in [0.1, 0.15) is 0 Å². The van der Waals surface area contributed by atoms with Gasteiger partial charge in [0.25, 0.3) is 0 Å². The van der Waals surface area contributed by atoms with Gasteiger partial charge < -0.3 is 0 Å². The fraction of sp³-hybridized carbons (Fsp3) is 0. The van der Waals surface area contributed by atoms with Crippen LogP contribution in [0.4, 0.5) is 0 Å². The summed E-state index contributed by atoms with van der Waals surface area (Å²) in [6.45, 7) is 0. The van der Waals surface area contributed by atoms with E-state index < -0.39 is 0 Å². The van der Waals surface area contributed by atoms with Gasteiger partial charge in [-0.2, -0.15) is 0 Å². The summed E-state index contributed by atoms with van der Waals surface area (Å²) in [4.78, 5) is 8.89. The average Bonchev–Trinajstić information content (AvgIpc) is 1.37. The van der Waals surface area contributed by atoms with Crippen LogP contribution in [0.3, 0.4) is 0 Å². The topological polar surface area (TPSA) is 17.1 Å². The lowest BCUT2D eigenvalue weighted by atomic mass is 11.2. The van der Waals surface area contributed by atoms with Gasteiger partial charge >= 0.3 is 0 Å². The zero-order valence-electron chi connectivity index (χ0n) is 1.89. The summed E-state index contributed by atoms with van der Waals surface area (Å²) in [6.07, 6.45) is 0. The Bertz CT molecular complexity index is 44.0. The Hall–Kier alpha value is -0.330. The second kappa shape index (κ2) is 2.67. The minimum atomic E-state index is 0.903. The lowest BCUT2D eigenvalue weighted by Gasteiger charge is -1.28. The summed E-state index contributed by atoms with van der Waals surface area (Å²) in [5.41, 5.74) is 0. The van der Waals surface area contributed by atoms with Gasteiger partial charge in [-0.05, 0) is 0 Å². The monoisotopic (exact) mass is 73.0 g/mol. The minimum Gasteiger partial charge on any atom is -0.233 e. The summed E-state index contributed by atoms with van der Waals surface area (Å²) in [5, 5.41) is 0.903. The van der Waals surface area contributed by atoms with Crippen LogP contribution in [0.2, 0.25) is 0 Å². The Balaban J connectivity index is 3.11. The molecule has 0 aliphatic carbocycles. The van der Waals surface area contributed by atoms with Gasteiger partial charge in [-0.1, -0.05) is 12.6 Å². The molecule has 0 atom stereocenters. The fourth-order valence-corrected chi connectivity index (χ4v) is 0. The standard InChI is InChI=1S/C2HOS/c3-1-2-4/h2H. The van der Waals surface area contributed by atoms with Gasteiger partial charge in [0.1, 0.15) is 5.94 Å². The summed E-state index contributed by atoms with van der Waals surface area (Å²) in [6, 6.07) is 0. The quantitative estimate of drug-likeness (QED) is 0.382. The van der Waals surface area contributed by atoms with E-state index in [1.807, 2.05) is 0 Å². The van der Waals surface area contributed by atoms with E-state index in [9.17, 15) is 0 Å². The molecule has 21 valence electrons. The zero-order valence-corrected chi connectivity index (χ0v) is 2.71. The van der Waals surface area contributed by atoms with E-state index in [2.05, 4.69) is 12.6 Å². The van der Waals surface area contributed by atoms with Crippen molar-refractivity contribution in [2.45, 2.75) is 0 Å². The molecule has 0 rings (SSSR count). The van der Waals surface area contributed by atoms with Crippen LogP contribution in [0.5, 0.6) is 0 Å². The van der Waals surface area contributed by atoms with E-state index >= 15 is 0 Å². The second-order valence-corrected chi connectivity index (χ2v) is 0.471. The van der Waals surface area contributed by atoms with Crippen LogP contribution in [-0.2, 0) is 4.79 Å². The molecule has 0 aromatic heterocycles. The van der Waals surface area contributed by atoms with Crippen LogP contribution in [0.15, 0.2) is 5.41 Å². The summed E-state index contributed by atoms with van der Waals surface area (Å²) in [7, 11) is 0. The van der Waals surface area contributed by atoms with Crippen molar-refractivity contribution in [2.75, 3.05) is 0 Å². The van der Waals surface area contributed by atoms with E-state index in [1.54, 1.807) is 0 Å². The average molecular weight is 73.1 g/mol. The first kappa shape index (κ1) is 3.67. The predicted molar refractivity (Wildman–Crippen MR) is 17.9 cm³/mol. The van der Waals surface area contributed by atoms with Crippen molar-refractivity contribution < 1.29 is 4.79 Å². The number of hydrogen-bond donors (Lipinski definition) is 0. The molecular formula is C2HOS. The molecule has 0 fully saturated rings. The van der Waals surface area contributed by atoms with E-state index in [1.165, 1.54) is 5.94 Å². The van der Waals surface area contributed by atoms with Gasteiger partial charge in [0.15, 0.2) is 0 Å². The van der Waals surface area contributed by atoms with Crippen LogP contribution < -0.4 is 0 Å². The van der Waals surface area contributed by atoms with Crippen LogP contribution >= 0.6 is 12.6 Å². The van der Waals surface area contributed by atoms with E-state index in [0.29, 0.717) is 0 Å². The predicted octanol–water partition coefficient (Wildman–Crippen LogP) is 0.529. The Morgan fingerprint density at radius 2 is 2.25 bits per heavy atom. The molecule has 0 heterocycles. The molecule has 1 radical (unpaired) electrons. The number of carbonyl (C=O) groups excluding carboxylic acids is 1. The largest absolute Gasteiger partial charge is 0.233 e. The van der Waals surface area contributed by atoms with E-state index in [0.717, 1.165) is 5.41 Å². The molecule has 0 spiro atoms. The van der Waals surface area contributed by atoms with Crippen LogP contribution in [0, 0.1) is 0 Å². The SMILES string of the molecule is O=C=C[S]. The molecule has 0 aliphatic heterocycles. The van der Waals surface area contributed by atoms with Crippen molar-refractivity contribution in [3.05, 3.63) is 5.41 Å². The van der Waals surface area contributed by atoms with Crippen molar-refractivity contribution in [1.29, 1.82) is 0 Å². The number of hydrogen-bond acceptors (Lipinski definition) is 1. The molecule has 0 bridgehead atoms. The molecule has 0 aliphatic rings. The molecule has 0 saturated carbocycles. The van der Waals surface area contributed by atoms with Gasteiger partial charge in [0.05, 0.1) is 5.41 Å². The highest BCUT2D eigenvalue weighted by Crippen LogP contribution is 1.57. The Morgan fingerprint density at radius 1 is 2.00 bits per heavy atom. The fourth-order valence-electron chi connectivity index (χ4n) is 0. The van der Waals surface area contributed by atoms with Crippen molar-refractivity contribution in [3.8, 4) is 0 Å². The van der Waals surface area contributed by atoms with E-state index in [4.69, 9.17) is 4.79 Å². The summed E-state index contributed by atoms with van der Waals surface area (Å²) in [5.74, 6) is 1.37. The van der Waals surface area contributed by atoms with Crippen molar-refractivity contribution in [1.82, 2.24) is 0 Å². The number of rotatable bonds is 0. The maximum atomic E-state index is 8.89. The van der Waals surface area contributed by atoms with Crippen LogP contribution in [0.25, 0.3) is 0 Å². The summed E-state index contributed by atoms with van der Waals surface area (Å²) >= 11 is 4.00. The molecule has 0 amide bonds. The Morgan fingerprint density at radius 3 is 2.25 bits per heavy atom. The third-order valence-electron chi connectivity index (χ3n) is 0.0481. The first-order chi connectivity index (χ1) is 1.91. The van der Waals surface area contributed by atoms with E-state index in [-0.39, 0.29) is 0 Å². The first-order valence-corrected chi connectivity index (χ1v) is 1.20. The third-order valence-corrected chi connectivity index (χ3v) is 0.144. The van der Waals surface area contributed by atoms with Crippen molar-refractivity contribution in [2.24, 2.45) is 0 Å². The Kier molecular flexibility index (Phi) is 2.45. The van der Waals surface area contributed by atoms with Gasteiger partial charge in [0, 0.05) is 0 Å². The van der Waals surface area contributed by atoms with Gasteiger partial charge in [-0.15, -0.1) is 0 Å². The molecule has 0 aromatic carbocycles. The van der Waals surface area contributed by atoms with Crippen molar-refractivity contribution >= 4 is 18.6 Å². The highest BCUT2D eigenvalue weighted by atomic mass is 32.1. The molecule has 4 heavy (non-hydrogen) atoms. The Labute approximate surface area is 29.7 Å². The van der Waals surface area contributed by atoms with Crippen molar-refractivity contribution in [3.63, 3.8) is 0 Å². The molecule has 2 heteroatoms. The maximum Gasteiger partial charge on any atom is 0.136 e. The lowest BCUT2D eigenvalue weighted by Crippen LogP contribution is -1.27. The first-order valence-electron chi connectivity index (χ1n) is 0.729. The van der Waals surface area contributed by atoms with Gasteiger partial charge in [-0.3, -0.25) is 0 Å². The smallest absolute Gasteiger partial charge is 0.136 e. The normalized spacial score (nSPS) is 4.00. The van der Waals surface area contributed by atoms with Crippen LogP contribution in [-0.4, -0.2) is 5.94 Å². The highest BCUT2D eigenvalue weighted by molar-refractivity contribution is 7.83. The lowest BCUT2D eigenvalue weighted by molar-refractivity contribution is 0.569. The minimum absolute atomic E-state index is 0.903. The second-order valence-electron chi connectivity index (χ2n) is 0.236. The third kappa shape index (κ3) is 1.67. The van der Waals surface area contributed by atoms with Gasteiger partial charge in [-0.25, -0.2) is 4.79 Å². The molecular weight excluding hydrogens is 72.1 g/mol. The zero-order chi connectivity index (χ0) is 3.41.